The first-order valence-corrected chi connectivity index (χ1v) is 7.93. The van der Waals surface area contributed by atoms with E-state index in [9.17, 15) is 18.4 Å². The summed E-state index contributed by atoms with van der Waals surface area (Å²) in [6.07, 6.45) is 3.98. The summed E-state index contributed by atoms with van der Waals surface area (Å²) in [4.78, 5) is 25.0. The lowest BCUT2D eigenvalue weighted by molar-refractivity contribution is -0.132. The van der Waals surface area contributed by atoms with E-state index in [4.69, 9.17) is 5.11 Å². The largest absolute Gasteiger partial charge is 0.478 e. The summed E-state index contributed by atoms with van der Waals surface area (Å²) in [6, 6.07) is 2.91. The van der Waals surface area contributed by atoms with Gasteiger partial charge in [0, 0.05) is 24.8 Å². The number of benzene rings is 1. The first kappa shape index (κ1) is 17.1. The van der Waals surface area contributed by atoms with Gasteiger partial charge in [-0.1, -0.05) is 0 Å². The molecule has 0 radical (unpaired) electrons. The van der Waals surface area contributed by atoms with E-state index in [2.05, 4.69) is 5.10 Å². The van der Waals surface area contributed by atoms with Crippen LogP contribution < -0.4 is 0 Å². The van der Waals surface area contributed by atoms with Crippen LogP contribution in [0, 0.1) is 11.6 Å². The van der Waals surface area contributed by atoms with E-state index in [-0.39, 0.29) is 29.5 Å². The Morgan fingerprint density at radius 2 is 2.12 bits per heavy atom. The van der Waals surface area contributed by atoms with E-state index >= 15 is 0 Å². The van der Waals surface area contributed by atoms with Crippen molar-refractivity contribution in [1.82, 2.24) is 14.7 Å². The molecule has 0 bridgehead atoms. The van der Waals surface area contributed by atoms with Crippen LogP contribution in [0.4, 0.5) is 8.78 Å². The summed E-state index contributed by atoms with van der Waals surface area (Å²) in [6.45, 7) is 0.885. The Morgan fingerprint density at radius 3 is 2.84 bits per heavy atom. The fourth-order valence-electron chi connectivity index (χ4n) is 3.00. The number of nitrogens with zero attached hydrogens (tertiary/aromatic N) is 3. The fourth-order valence-corrected chi connectivity index (χ4v) is 3.00. The monoisotopic (exact) mass is 349 g/mol. The van der Waals surface area contributed by atoms with Gasteiger partial charge in [0.05, 0.1) is 24.2 Å². The molecule has 0 saturated carbocycles. The average molecular weight is 349 g/mol. The van der Waals surface area contributed by atoms with Crippen molar-refractivity contribution < 1.29 is 23.5 Å². The van der Waals surface area contributed by atoms with E-state index in [1.165, 1.54) is 12.4 Å². The molecule has 2 aromatic rings. The minimum Gasteiger partial charge on any atom is -0.478 e. The maximum absolute atomic E-state index is 13.7. The third-order valence-electron chi connectivity index (χ3n) is 4.32. The molecule has 132 valence electrons. The first-order chi connectivity index (χ1) is 11.9. The van der Waals surface area contributed by atoms with Crippen molar-refractivity contribution in [3.63, 3.8) is 0 Å². The molecule has 0 aliphatic carbocycles. The van der Waals surface area contributed by atoms with E-state index in [1.807, 2.05) is 0 Å². The van der Waals surface area contributed by atoms with Crippen LogP contribution in [-0.4, -0.2) is 44.8 Å². The van der Waals surface area contributed by atoms with Gasteiger partial charge in [0.1, 0.15) is 11.6 Å². The normalized spacial score (nSPS) is 17.5. The number of amides is 1. The molecule has 1 N–H and O–H groups in total. The molecular formula is C17H17F2N3O3. The predicted molar refractivity (Wildman–Crippen MR) is 84.1 cm³/mol. The van der Waals surface area contributed by atoms with Crippen molar-refractivity contribution in [2.75, 3.05) is 13.1 Å². The van der Waals surface area contributed by atoms with Gasteiger partial charge in [-0.25, -0.2) is 13.6 Å². The molecule has 6 nitrogen and oxygen atoms in total. The second-order valence-corrected chi connectivity index (χ2v) is 6.06. The van der Waals surface area contributed by atoms with Crippen molar-refractivity contribution in [3.05, 3.63) is 53.4 Å². The average Bonchev–Trinajstić information content (AvgIpc) is 3.09. The van der Waals surface area contributed by atoms with Gasteiger partial charge in [0.25, 0.3) is 0 Å². The molecule has 1 amide bonds. The number of aromatic carboxylic acids is 1. The predicted octanol–water partition coefficient (Wildman–Crippen LogP) is 2.27. The van der Waals surface area contributed by atoms with Crippen molar-refractivity contribution in [1.29, 1.82) is 0 Å². The third kappa shape index (κ3) is 3.84. The molecule has 1 aliphatic rings. The maximum atomic E-state index is 13.7. The van der Waals surface area contributed by atoms with Gasteiger partial charge in [-0.15, -0.1) is 0 Å². The lowest BCUT2D eigenvalue weighted by atomic mass is 10.0. The number of aromatic nitrogens is 2. The Kier molecular flexibility index (Phi) is 4.78. The van der Waals surface area contributed by atoms with Crippen LogP contribution >= 0.6 is 0 Å². The van der Waals surface area contributed by atoms with E-state index in [0.29, 0.717) is 13.1 Å². The maximum Gasteiger partial charge on any atom is 0.338 e. The Bertz CT molecular complexity index is 806. The highest BCUT2D eigenvalue weighted by atomic mass is 19.1. The Balaban J connectivity index is 1.68. The molecule has 1 saturated heterocycles. The van der Waals surface area contributed by atoms with Crippen LogP contribution in [0.2, 0.25) is 0 Å². The van der Waals surface area contributed by atoms with Gasteiger partial charge in [-0.05, 0) is 31.0 Å². The number of halogens is 2. The molecule has 3 rings (SSSR count). The third-order valence-corrected chi connectivity index (χ3v) is 4.32. The van der Waals surface area contributed by atoms with Crippen LogP contribution in [0.25, 0.3) is 0 Å². The highest BCUT2D eigenvalue weighted by molar-refractivity contribution is 5.86. The van der Waals surface area contributed by atoms with Crippen molar-refractivity contribution in [3.8, 4) is 0 Å². The number of piperidine rings is 1. The summed E-state index contributed by atoms with van der Waals surface area (Å²) < 4.78 is 28.5. The van der Waals surface area contributed by atoms with Gasteiger partial charge in [0.15, 0.2) is 0 Å². The molecule has 1 atom stereocenters. The number of hydrogen-bond acceptors (Lipinski definition) is 3. The number of hydrogen-bond donors (Lipinski definition) is 1. The number of carboxylic acid groups (broad SMARTS) is 1. The lowest BCUT2D eigenvalue weighted by Gasteiger charge is -2.33. The molecule has 1 unspecified atom stereocenters. The summed E-state index contributed by atoms with van der Waals surface area (Å²) in [5.74, 6) is -2.55. The van der Waals surface area contributed by atoms with Crippen molar-refractivity contribution in [2.45, 2.75) is 25.3 Å². The number of carbonyl (C=O) groups is 2. The van der Waals surface area contributed by atoms with Gasteiger partial charge in [-0.3, -0.25) is 9.48 Å². The van der Waals surface area contributed by atoms with E-state index < -0.39 is 17.6 Å². The highest BCUT2D eigenvalue weighted by Gasteiger charge is 2.26. The Labute approximate surface area is 142 Å². The molecule has 1 fully saturated rings. The van der Waals surface area contributed by atoms with E-state index in [0.717, 1.165) is 31.0 Å². The second kappa shape index (κ2) is 7.00. The zero-order chi connectivity index (χ0) is 18.0. The van der Waals surface area contributed by atoms with Gasteiger partial charge < -0.3 is 10.0 Å². The smallest absolute Gasteiger partial charge is 0.338 e. The van der Waals surface area contributed by atoms with Crippen LogP contribution in [0.1, 0.15) is 34.8 Å². The molecular weight excluding hydrogens is 332 g/mol. The molecule has 1 aromatic carbocycles. The zero-order valence-corrected chi connectivity index (χ0v) is 13.4. The van der Waals surface area contributed by atoms with Crippen LogP contribution in [-0.2, 0) is 11.2 Å². The fraction of sp³-hybridized carbons (Fsp3) is 0.353. The van der Waals surface area contributed by atoms with E-state index in [1.54, 1.807) is 9.58 Å². The Morgan fingerprint density at radius 1 is 1.32 bits per heavy atom. The topological polar surface area (TPSA) is 75.4 Å². The molecule has 1 aromatic heterocycles. The zero-order valence-electron chi connectivity index (χ0n) is 13.4. The second-order valence-electron chi connectivity index (χ2n) is 6.06. The molecule has 25 heavy (non-hydrogen) atoms. The summed E-state index contributed by atoms with van der Waals surface area (Å²) in [5.41, 5.74) is 0.115. The van der Waals surface area contributed by atoms with Crippen molar-refractivity contribution in [2.24, 2.45) is 0 Å². The summed E-state index contributed by atoms with van der Waals surface area (Å²) in [7, 11) is 0. The number of likely N-dealkylation sites (tertiary alicyclic amines) is 1. The van der Waals surface area contributed by atoms with Gasteiger partial charge in [-0.2, -0.15) is 5.10 Å². The standard InChI is InChI=1S/C17H17F2N3O3/c18-13-3-4-15(19)11(6-13)7-16(23)21-5-1-2-14(10-21)22-9-12(8-20-22)17(24)25/h3-4,6,8-9,14H,1-2,5,7,10H2,(H,24,25). The molecule has 0 spiro atoms. The van der Waals surface area contributed by atoms with Gasteiger partial charge in [0.2, 0.25) is 5.91 Å². The minimum absolute atomic E-state index is 0.0272. The summed E-state index contributed by atoms with van der Waals surface area (Å²) in [5, 5.41) is 13.0. The lowest BCUT2D eigenvalue weighted by Crippen LogP contribution is -2.41. The molecule has 2 heterocycles. The summed E-state index contributed by atoms with van der Waals surface area (Å²) >= 11 is 0. The number of rotatable bonds is 4. The SMILES string of the molecule is O=C(O)c1cnn(C2CCCN(C(=O)Cc3cc(F)ccc3F)C2)c1. The molecule has 1 aliphatic heterocycles. The van der Waals surface area contributed by atoms with Crippen LogP contribution in [0.5, 0.6) is 0 Å². The number of carbonyl (C=O) groups excluding carboxylic acids is 1. The molecule has 8 heteroatoms. The van der Waals surface area contributed by atoms with Crippen molar-refractivity contribution >= 4 is 11.9 Å². The van der Waals surface area contributed by atoms with Crippen LogP contribution in [0.15, 0.2) is 30.6 Å². The minimum atomic E-state index is -1.06. The highest BCUT2D eigenvalue weighted by Crippen LogP contribution is 2.22. The number of carboxylic acids is 1. The quantitative estimate of drug-likeness (QED) is 0.919. The van der Waals surface area contributed by atoms with Crippen LogP contribution in [0.3, 0.4) is 0 Å². The first-order valence-electron chi connectivity index (χ1n) is 7.93. The Hall–Kier alpha value is -2.77. The van der Waals surface area contributed by atoms with Gasteiger partial charge >= 0.3 is 5.97 Å².